The van der Waals surface area contributed by atoms with E-state index in [2.05, 4.69) is 11.7 Å². The van der Waals surface area contributed by atoms with Gasteiger partial charge in [-0.1, -0.05) is 44.0 Å². The topological polar surface area (TPSA) is 18.5 Å². The number of ether oxygens (including phenoxy) is 2. The fourth-order valence-electron chi connectivity index (χ4n) is 3.30. The number of aryl methyl sites for hydroxylation is 1. The molecule has 2 nitrogen and oxygen atoms in total. The molecule has 0 saturated heterocycles. The second kappa shape index (κ2) is 10.6. The number of benzene rings is 3. The number of alkyl halides is 4. The minimum atomic E-state index is -3.59. The molecule has 0 spiro atoms. The SMILES string of the molecule is CCCCCc1ccc(C(F)(F)Oc2ccc(-c3cc(F)c(OC(F)F)c(F)c3)cc2)cc1. The van der Waals surface area contributed by atoms with Crippen molar-refractivity contribution in [2.45, 2.75) is 45.3 Å². The Bertz CT molecular complexity index is 1030. The monoisotopic (exact) mass is 468 g/mol. The van der Waals surface area contributed by atoms with Crippen LogP contribution in [0.1, 0.15) is 37.3 Å². The van der Waals surface area contributed by atoms with Gasteiger partial charge in [-0.25, -0.2) is 8.78 Å². The lowest BCUT2D eigenvalue weighted by Gasteiger charge is -2.19. The van der Waals surface area contributed by atoms with E-state index in [1.807, 2.05) is 0 Å². The van der Waals surface area contributed by atoms with E-state index in [-0.39, 0.29) is 22.4 Å². The summed E-state index contributed by atoms with van der Waals surface area (Å²) in [6, 6.07) is 12.7. The standard InChI is InChI=1S/C25H22F6O2/c1-2-3-4-5-16-6-10-19(11-7-16)25(30,31)33-20-12-8-17(9-13-20)18-14-21(26)23(22(27)15-18)32-24(28)29/h6-15,24H,2-5H2,1H3. The second-order valence-electron chi connectivity index (χ2n) is 7.44. The summed E-state index contributed by atoms with van der Waals surface area (Å²) in [6.07, 6.45) is 0.369. The van der Waals surface area contributed by atoms with Crippen LogP contribution >= 0.6 is 0 Å². The molecule has 0 aliphatic rings. The summed E-state index contributed by atoms with van der Waals surface area (Å²) in [6.45, 7) is -1.29. The summed E-state index contributed by atoms with van der Waals surface area (Å²) in [7, 11) is 0. The molecule has 176 valence electrons. The van der Waals surface area contributed by atoms with Crippen molar-refractivity contribution in [2.24, 2.45) is 0 Å². The van der Waals surface area contributed by atoms with Crippen molar-refractivity contribution in [1.82, 2.24) is 0 Å². The van der Waals surface area contributed by atoms with Crippen molar-refractivity contribution < 1.29 is 35.8 Å². The van der Waals surface area contributed by atoms with Gasteiger partial charge in [-0.3, -0.25) is 0 Å². The Hall–Kier alpha value is -3.16. The Kier molecular flexibility index (Phi) is 7.89. The zero-order valence-electron chi connectivity index (χ0n) is 17.8. The highest BCUT2D eigenvalue weighted by molar-refractivity contribution is 5.65. The predicted molar refractivity (Wildman–Crippen MR) is 113 cm³/mol. The van der Waals surface area contributed by atoms with E-state index in [1.54, 1.807) is 12.1 Å². The molecule has 3 aromatic rings. The van der Waals surface area contributed by atoms with Crippen molar-refractivity contribution in [1.29, 1.82) is 0 Å². The van der Waals surface area contributed by atoms with Crippen LogP contribution in [0.4, 0.5) is 26.3 Å². The lowest BCUT2D eigenvalue weighted by atomic mass is 10.0. The first-order valence-electron chi connectivity index (χ1n) is 10.4. The third-order valence-electron chi connectivity index (χ3n) is 5.00. The van der Waals surface area contributed by atoms with Gasteiger partial charge in [0, 0.05) is 0 Å². The van der Waals surface area contributed by atoms with Gasteiger partial charge < -0.3 is 9.47 Å². The Morgan fingerprint density at radius 1 is 0.818 bits per heavy atom. The van der Waals surface area contributed by atoms with Gasteiger partial charge in [-0.2, -0.15) is 17.6 Å². The molecule has 0 radical (unpaired) electrons. The van der Waals surface area contributed by atoms with E-state index >= 15 is 0 Å². The van der Waals surface area contributed by atoms with Crippen LogP contribution in [-0.2, 0) is 12.5 Å². The molecule has 0 aliphatic heterocycles. The van der Waals surface area contributed by atoms with Crippen molar-refractivity contribution in [3.05, 3.63) is 83.4 Å². The zero-order chi connectivity index (χ0) is 24.0. The van der Waals surface area contributed by atoms with Crippen LogP contribution in [0.15, 0.2) is 60.7 Å². The molecule has 0 atom stereocenters. The molecule has 3 rings (SSSR count). The lowest BCUT2D eigenvalue weighted by Crippen LogP contribution is -2.21. The fraction of sp³-hybridized carbons (Fsp3) is 0.280. The van der Waals surface area contributed by atoms with Gasteiger partial charge in [0.1, 0.15) is 5.75 Å². The highest BCUT2D eigenvalue weighted by Crippen LogP contribution is 2.34. The summed E-state index contributed by atoms with van der Waals surface area (Å²) < 4.78 is 90.2. The van der Waals surface area contributed by atoms with Gasteiger partial charge in [0.2, 0.25) is 0 Å². The molecule has 33 heavy (non-hydrogen) atoms. The molecule has 0 unspecified atom stereocenters. The molecule has 0 aliphatic carbocycles. The molecule has 0 fully saturated rings. The maximum absolute atomic E-state index is 14.6. The van der Waals surface area contributed by atoms with Crippen LogP contribution in [0, 0.1) is 11.6 Å². The Balaban J connectivity index is 1.71. The number of unbranched alkanes of at least 4 members (excludes halogenated alkanes) is 2. The maximum Gasteiger partial charge on any atom is 0.426 e. The Morgan fingerprint density at radius 3 is 1.97 bits per heavy atom. The average Bonchev–Trinajstić information content (AvgIpc) is 2.77. The fourth-order valence-corrected chi connectivity index (χ4v) is 3.30. The van der Waals surface area contributed by atoms with Crippen molar-refractivity contribution in [3.63, 3.8) is 0 Å². The quantitative estimate of drug-likeness (QED) is 0.221. The Labute approximate surface area is 187 Å². The van der Waals surface area contributed by atoms with E-state index in [0.29, 0.717) is 0 Å². The summed E-state index contributed by atoms with van der Waals surface area (Å²) in [5.41, 5.74) is 0.952. The van der Waals surface area contributed by atoms with Crippen molar-refractivity contribution in [3.8, 4) is 22.6 Å². The number of halogens is 6. The molecule has 0 heterocycles. The molecule has 0 bridgehead atoms. The number of hydrogen-bond donors (Lipinski definition) is 0. The van der Waals surface area contributed by atoms with Gasteiger partial charge in [0.05, 0.1) is 5.56 Å². The minimum absolute atomic E-state index is 0.0172. The lowest BCUT2D eigenvalue weighted by molar-refractivity contribution is -0.185. The van der Waals surface area contributed by atoms with Gasteiger partial charge in [0.25, 0.3) is 0 Å². The first-order valence-corrected chi connectivity index (χ1v) is 10.4. The van der Waals surface area contributed by atoms with Gasteiger partial charge in [-0.05, 0) is 65.9 Å². The largest absolute Gasteiger partial charge is 0.429 e. The molecule has 0 saturated carbocycles. The Morgan fingerprint density at radius 2 is 1.42 bits per heavy atom. The minimum Gasteiger partial charge on any atom is -0.429 e. The highest BCUT2D eigenvalue weighted by Gasteiger charge is 2.34. The number of rotatable bonds is 10. The molecule has 0 N–H and O–H groups in total. The zero-order valence-corrected chi connectivity index (χ0v) is 17.8. The third kappa shape index (κ3) is 6.43. The predicted octanol–water partition coefficient (Wildman–Crippen LogP) is 8.09. The van der Waals surface area contributed by atoms with E-state index in [0.717, 1.165) is 43.4 Å². The first-order chi connectivity index (χ1) is 15.7. The average molecular weight is 468 g/mol. The van der Waals surface area contributed by atoms with Crippen LogP contribution in [0.3, 0.4) is 0 Å². The van der Waals surface area contributed by atoms with E-state index in [9.17, 15) is 26.3 Å². The van der Waals surface area contributed by atoms with E-state index in [4.69, 9.17) is 4.74 Å². The van der Waals surface area contributed by atoms with E-state index in [1.165, 1.54) is 36.4 Å². The first kappa shape index (κ1) is 24.5. The summed E-state index contributed by atoms with van der Waals surface area (Å²) in [5, 5.41) is 0. The molecule has 0 amide bonds. The molecule has 8 heteroatoms. The van der Waals surface area contributed by atoms with Crippen LogP contribution in [0.5, 0.6) is 11.5 Å². The van der Waals surface area contributed by atoms with Crippen LogP contribution < -0.4 is 9.47 Å². The van der Waals surface area contributed by atoms with Crippen LogP contribution in [-0.4, -0.2) is 6.61 Å². The summed E-state index contributed by atoms with van der Waals surface area (Å²) in [5.74, 6) is -3.97. The van der Waals surface area contributed by atoms with Crippen molar-refractivity contribution in [2.75, 3.05) is 0 Å². The van der Waals surface area contributed by atoms with Crippen molar-refractivity contribution >= 4 is 0 Å². The molecular weight excluding hydrogens is 446 g/mol. The molecule has 3 aromatic carbocycles. The second-order valence-corrected chi connectivity index (χ2v) is 7.44. The molecular formula is C25H22F6O2. The highest BCUT2D eigenvalue weighted by atomic mass is 19.3. The van der Waals surface area contributed by atoms with Crippen LogP contribution in [0.2, 0.25) is 0 Å². The van der Waals surface area contributed by atoms with Gasteiger partial charge in [0.15, 0.2) is 17.4 Å². The van der Waals surface area contributed by atoms with E-state index < -0.39 is 30.1 Å². The summed E-state index contributed by atoms with van der Waals surface area (Å²) in [4.78, 5) is 0. The maximum atomic E-state index is 14.6. The number of hydrogen-bond acceptors (Lipinski definition) is 2. The normalized spacial score (nSPS) is 11.6. The molecule has 0 aromatic heterocycles. The van der Waals surface area contributed by atoms with Crippen LogP contribution in [0.25, 0.3) is 11.1 Å². The summed E-state index contributed by atoms with van der Waals surface area (Å²) >= 11 is 0. The smallest absolute Gasteiger partial charge is 0.426 e. The van der Waals surface area contributed by atoms with Gasteiger partial charge in [-0.15, -0.1) is 0 Å². The van der Waals surface area contributed by atoms with Gasteiger partial charge >= 0.3 is 12.7 Å². The third-order valence-corrected chi connectivity index (χ3v) is 5.00.